The normalized spacial score (nSPS) is 9.97. The van der Waals surface area contributed by atoms with Crippen LogP contribution in [-0.2, 0) is 22.4 Å². The lowest BCUT2D eigenvalue weighted by Crippen LogP contribution is -2.18. The summed E-state index contributed by atoms with van der Waals surface area (Å²) in [5.41, 5.74) is 5.90. The van der Waals surface area contributed by atoms with Gasteiger partial charge >= 0.3 is 11.9 Å². The maximum atomic E-state index is 11.1. The van der Waals surface area contributed by atoms with E-state index in [-0.39, 0.29) is 12.8 Å². The number of unbranched alkanes of at least 4 members (excludes halogenated alkanes) is 3. The molecule has 0 saturated heterocycles. The van der Waals surface area contributed by atoms with Crippen LogP contribution in [0.4, 0.5) is 5.69 Å². The van der Waals surface area contributed by atoms with E-state index in [0.717, 1.165) is 49.8 Å². The van der Waals surface area contributed by atoms with Gasteiger partial charge in [0.25, 0.3) is 0 Å². The van der Waals surface area contributed by atoms with Gasteiger partial charge < -0.3 is 19.8 Å². The van der Waals surface area contributed by atoms with Gasteiger partial charge in [-0.25, -0.2) is 0 Å². The molecule has 214 valence electrons. The molecule has 0 amide bonds. The molecule has 0 aliphatic rings. The number of rotatable bonds is 16. The molecule has 2 rings (SSSR count). The predicted octanol–water partition coefficient (Wildman–Crippen LogP) is 7.86. The molecule has 0 unspecified atom stereocenters. The Balaban J connectivity index is 0.00000326. The zero-order chi connectivity index (χ0) is 28.9. The van der Waals surface area contributed by atoms with E-state index in [9.17, 15) is 9.59 Å². The van der Waals surface area contributed by atoms with Crippen LogP contribution >= 0.6 is 0 Å². The molecule has 6 heteroatoms. The molecule has 6 nitrogen and oxygen atoms in total. The van der Waals surface area contributed by atoms with Gasteiger partial charge in [0, 0.05) is 32.1 Å². The first-order valence-corrected chi connectivity index (χ1v) is 14.2. The van der Waals surface area contributed by atoms with Gasteiger partial charge in [0.15, 0.2) is 0 Å². The Morgan fingerprint density at radius 3 is 2.00 bits per heavy atom. The van der Waals surface area contributed by atoms with Gasteiger partial charge in [0.2, 0.25) is 0 Å². The SMILES string of the molecule is CC.CC.Cc1cc(C)cc(N(C)CCCCCCc2cccc(OCCCC(=O)O)c2CCC(=O)O)c1. The fourth-order valence-corrected chi connectivity index (χ4v) is 4.22. The van der Waals surface area contributed by atoms with E-state index in [1.807, 2.05) is 39.8 Å². The van der Waals surface area contributed by atoms with Gasteiger partial charge in [-0.05, 0) is 86.4 Å². The summed E-state index contributed by atoms with van der Waals surface area (Å²) in [5, 5.41) is 18.0. The Labute approximate surface area is 231 Å². The van der Waals surface area contributed by atoms with E-state index < -0.39 is 11.9 Å². The first-order chi connectivity index (χ1) is 18.3. The Hall–Kier alpha value is -3.02. The quantitative estimate of drug-likeness (QED) is 0.215. The van der Waals surface area contributed by atoms with Gasteiger partial charge in [-0.15, -0.1) is 0 Å². The molecule has 0 aliphatic carbocycles. The van der Waals surface area contributed by atoms with Crippen molar-refractivity contribution in [2.45, 2.75) is 99.3 Å². The van der Waals surface area contributed by atoms with Gasteiger partial charge in [-0.1, -0.05) is 58.7 Å². The maximum Gasteiger partial charge on any atom is 0.303 e. The molecule has 0 bridgehead atoms. The Morgan fingerprint density at radius 1 is 0.789 bits per heavy atom. The second-order valence-electron chi connectivity index (χ2n) is 9.06. The lowest BCUT2D eigenvalue weighted by atomic mass is 9.96. The van der Waals surface area contributed by atoms with Crippen LogP contribution in [0.1, 0.15) is 94.9 Å². The highest BCUT2D eigenvalue weighted by atomic mass is 16.5. The lowest BCUT2D eigenvalue weighted by Gasteiger charge is -2.20. The molecular formula is C32H51NO5. The van der Waals surface area contributed by atoms with E-state index >= 15 is 0 Å². The van der Waals surface area contributed by atoms with E-state index in [2.05, 4.69) is 50.1 Å². The molecule has 38 heavy (non-hydrogen) atoms. The summed E-state index contributed by atoms with van der Waals surface area (Å²) in [6.07, 6.45) is 6.25. The fraction of sp³-hybridized carbons (Fsp3) is 0.562. The molecule has 0 fully saturated rings. The van der Waals surface area contributed by atoms with E-state index in [0.29, 0.717) is 25.2 Å². The van der Waals surface area contributed by atoms with Crippen LogP contribution in [0.15, 0.2) is 36.4 Å². The Bertz CT molecular complexity index is 921. The van der Waals surface area contributed by atoms with Crippen molar-refractivity contribution < 1.29 is 24.5 Å². The van der Waals surface area contributed by atoms with Crippen molar-refractivity contribution in [3.63, 3.8) is 0 Å². The van der Waals surface area contributed by atoms with Crippen LogP contribution in [0.5, 0.6) is 5.75 Å². The van der Waals surface area contributed by atoms with Gasteiger partial charge in [-0.3, -0.25) is 9.59 Å². The average molecular weight is 530 g/mol. The van der Waals surface area contributed by atoms with Crippen molar-refractivity contribution in [1.82, 2.24) is 0 Å². The standard InChI is InChI=1S/C28H39NO5.2C2H6/c1-21-18-22(2)20-24(19-21)29(3)16-7-5-4-6-10-23-11-8-12-26(25(23)14-15-28(32)33)34-17-9-13-27(30)31;2*1-2/h8,11-12,18-20H,4-7,9-10,13-17H2,1-3H3,(H,30,31)(H,32,33);2*1-2H3. The summed E-state index contributed by atoms with van der Waals surface area (Å²) < 4.78 is 5.83. The van der Waals surface area contributed by atoms with Crippen LogP contribution < -0.4 is 9.64 Å². The second-order valence-corrected chi connectivity index (χ2v) is 9.06. The van der Waals surface area contributed by atoms with Crippen molar-refractivity contribution in [2.75, 3.05) is 25.1 Å². The second kappa shape index (κ2) is 21.0. The third-order valence-corrected chi connectivity index (χ3v) is 5.95. The third-order valence-electron chi connectivity index (χ3n) is 5.95. The molecule has 0 aromatic heterocycles. The zero-order valence-electron chi connectivity index (χ0n) is 24.8. The van der Waals surface area contributed by atoms with Crippen molar-refractivity contribution in [1.29, 1.82) is 0 Å². The number of ether oxygens (including phenoxy) is 1. The third kappa shape index (κ3) is 14.7. The molecule has 0 atom stereocenters. The number of benzene rings is 2. The number of carboxylic acids is 2. The highest BCUT2D eigenvalue weighted by molar-refractivity contribution is 5.67. The largest absolute Gasteiger partial charge is 0.493 e. The van der Waals surface area contributed by atoms with Crippen molar-refractivity contribution >= 4 is 17.6 Å². The number of carbonyl (C=O) groups is 2. The summed E-state index contributed by atoms with van der Waals surface area (Å²) in [6, 6.07) is 12.5. The van der Waals surface area contributed by atoms with Gasteiger partial charge in [0.05, 0.1) is 6.61 Å². The van der Waals surface area contributed by atoms with E-state index in [1.165, 1.54) is 16.8 Å². The average Bonchev–Trinajstić information content (AvgIpc) is 2.89. The molecule has 2 aromatic carbocycles. The van der Waals surface area contributed by atoms with E-state index in [1.54, 1.807) is 0 Å². The summed E-state index contributed by atoms with van der Waals surface area (Å²) in [5.74, 6) is -0.998. The number of nitrogens with zero attached hydrogens (tertiary/aromatic N) is 1. The fourth-order valence-electron chi connectivity index (χ4n) is 4.22. The Kier molecular flexibility index (Phi) is 19.3. The van der Waals surface area contributed by atoms with Crippen molar-refractivity contribution in [2.24, 2.45) is 0 Å². The minimum absolute atomic E-state index is 0.0489. The zero-order valence-corrected chi connectivity index (χ0v) is 24.8. The number of aliphatic carboxylic acids is 2. The summed E-state index contributed by atoms with van der Waals surface area (Å²) in [4.78, 5) is 24.2. The highest BCUT2D eigenvalue weighted by Crippen LogP contribution is 2.26. The molecule has 0 saturated carbocycles. The number of anilines is 1. The van der Waals surface area contributed by atoms with Crippen LogP contribution in [0.2, 0.25) is 0 Å². The number of carboxylic acid groups (broad SMARTS) is 2. The first-order valence-electron chi connectivity index (χ1n) is 14.2. The Morgan fingerprint density at radius 2 is 1.39 bits per heavy atom. The number of aryl methyl sites for hydroxylation is 3. The van der Waals surface area contributed by atoms with Gasteiger partial charge in [-0.2, -0.15) is 0 Å². The molecule has 0 radical (unpaired) electrons. The van der Waals surface area contributed by atoms with Crippen molar-refractivity contribution in [3.05, 3.63) is 58.7 Å². The molecule has 0 heterocycles. The summed E-state index contributed by atoms with van der Waals surface area (Å²) in [7, 11) is 2.14. The molecule has 2 N–H and O–H groups in total. The molecule has 2 aromatic rings. The monoisotopic (exact) mass is 529 g/mol. The summed E-state index contributed by atoms with van der Waals surface area (Å²) >= 11 is 0. The molecule has 0 aliphatic heterocycles. The first kappa shape index (κ1) is 35.0. The molecular weight excluding hydrogens is 478 g/mol. The topological polar surface area (TPSA) is 87.1 Å². The number of hydrogen-bond donors (Lipinski definition) is 2. The van der Waals surface area contributed by atoms with Crippen LogP contribution in [-0.4, -0.2) is 42.4 Å². The summed E-state index contributed by atoms with van der Waals surface area (Å²) in [6.45, 7) is 13.6. The predicted molar refractivity (Wildman–Crippen MR) is 159 cm³/mol. The van der Waals surface area contributed by atoms with Crippen molar-refractivity contribution in [3.8, 4) is 5.75 Å². The van der Waals surface area contributed by atoms with Crippen LogP contribution in [0, 0.1) is 13.8 Å². The minimum atomic E-state index is -0.844. The van der Waals surface area contributed by atoms with Crippen LogP contribution in [0.3, 0.4) is 0 Å². The highest BCUT2D eigenvalue weighted by Gasteiger charge is 2.12. The number of hydrogen-bond acceptors (Lipinski definition) is 4. The van der Waals surface area contributed by atoms with E-state index in [4.69, 9.17) is 14.9 Å². The minimum Gasteiger partial charge on any atom is -0.493 e. The molecule has 0 spiro atoms. The van der Waals surface area contributed by atoms with Crippen LogP contribution in [0.25, 0.3) is 0 Å². The lowest BCUT2D eigenvalue weighted by molar-refractivity contribution is -0.138. The maximum absolute atomic E-state index is 11.1. The smallest absolute Gasteiger partial charge is 0.303 e. The van der Waals surface area contributed by atoms with Gasteiger partial charge in [0.1, 0.15) is 5.75 Å².